The summed E-state index contributed by atoms with van der Waals surface area (Å²) in [6, 6.07) is 0.872. The van der Waals surface area contributed by atoms with Crippen LogP contribution in [0.15, 0.2) is 0 Å². The van der Waals surface area contributed by atoms with Gasteiger partial charge in [-0.25, -0.2) is 0 Å². The first kappa shape index (κ1) is 13.1. The van der Waals surface area contributed by atoms with Crippen LogP contribution >= 0.6 is 11.8 Å². The molecule has 1 heterocycles. The lowest BCUT2D eigenvalue weighted by Crippen LogP contribution is -2.33. The fourth-order valence-electron chi connectivity index (χ4n) is 1.77. The fraction of sp³-hybridized carbons (Fsp3) is 1.00. The number of rotatable bonds is 4. The van der Waals surface area contributed by atoms with Crippen LogP contribution in [-0.4, -0.2) is 48.4 Å². The van der Waals surface area contributed by atoms with Crippen molar-refractivity contribution in [2.45, 2.75) is 30.9 Å². The molecule has 0 radical (unpaired) electrons. The molecule has 0 saturated carbocycles. The highest BCUT2D eigenvalue weighted by molar-refractivity contribution is 8.00. The molecular weight excluding hydrogens is 225 g/mol. The number of likely N-dealkylation sites (tertiary alicyclic amines) is 1. The second kappa shape index (κ2) is 5.41. The summed E-state index contributed by atoms with van der Waals surface area (Å²) in [5, 5.41) is 3.15. The number of nitrogens with zero attached hydrogens (tertiary/aromatic N) is 1. The number of halogens is 3. The average molecular weight is 242 g/mol. The van der Waals surface area contributed by atoms with E-state index in [0.717, 1.165) is 13.0 Å². The van der Waals surface area contributed by atoms with Crippen molar-refractivity contribution in [3.05, 3.63) is 0 Å². The first-order valence-corrected chi connectivity index (χ1v) is 6.01. The minimum absolute atomic E-state index is 0.0424. The van der Waals surface area contributed by atoms with Crippen LogP contribution < -0.4 is 5.32 Å². The zero-order valence-corrected chi connectivity index (χ0v) is 9.79. The first-order chi connectivity index (χ1) is 6.88. The van der Waals surface area contributed by atoms with E-state index in [1.807, 2.05) is 7.05 Å². The van der Waals surface area contributed by atoms with E-state index in [2.05, 4.69) is 17.1 Å². The molecule has 6 heteroatoms. The number of thioether (sulfide) groups is 1. The maximum Gasteiger partial charge on any atom is 0.441 e. The largest absolute Gasteiger partial charge is 0.441 e. The SMILES string of the molecule is CC1CC(NCCSC(F)(F)F)CN1C. The van der Waals surface area contributed by atoms with Crippen LogP contribution in [0.25, 0.3) is 0 Å². The second-order valence-corrected chi connectivity index (χ2v) is 5.13. The van der Waals surface area contributed by atoms with Crippen molar-refractivity contribution in [1.82, 2.24) is 10.2 Å². The summed E-state index contributed by atoms with van der Waals surface area (Å²) in [6.45, 7) is 3.49. The molecule has 1 fully saturated rings. The molecule has 2 unspecified atom stereocenters. The Kier molecular flexibility index (Phi) is 4.73. The number of nitrogens with one attached hydrogen (secondary N) is 1. The maximum absolute atomic E-state index is 11.8. The fourth-order valence-corrected chi connectivity index (χ4v) is 2.22. The zero-order valence-electron chi connectivity index (χ0n) is 8.97. The summed E-state index contributed by atoms with van der Waals surface area (Å²) >= 11 is 0.0424. The van der Waals surface area contributed by atoms with Crippen molar-refractivity contribution in [3.8, 4) is 0 Å². The van der Waals surface area contributed by atoms with Gasteiger partial charge < -0.3 is 10.2 Å². The molecule has 0 spiro atoms. The number of likely N-dealkylation sites (N-methyl/N-ethyl adjacent to an activating group) is 1. The number of hydrogen-bond acceptors (Lipinski definition) is 3. The number of hydrogen-bond donors (Lipinski definition) is 1. The Balaban J connectivity index is 2.07. The first-order valence-electron chi connectivity index (χ1n) is 5.03. The Labute approximate surface area is 92.6 Å². The molecular formula is C9H17F3N2S. The molecule has 15 heavy (non-hydrogen) atoms. The van der Waals surface area contributed by atoms with E-state index < -0.39 is 5.51 Å². The molecule has 2 atom stereocenters. The van der Waals surface area contributed by atoms with Crippen molar-refractivity contribution in [1.29, 1.82) is 0 Å². The summed E-state index contributed by atoms with van der Waals surface area (Å²) in [5.41, 5.74) is -4.10. The average Bonchev–Trinajstić information content (AvgIpc) is 2.39. The van der Waals surface area contributed by atoms with Crippen LogP contribution in [0.4, 0.5) is 13.2 Å². The minimum Gasteiger partial charge on any atom is -0.312 e. The van der Waals surface area contributed by atoms with Crippen LogP contribution in [0, 0.1) is 0 Å². The molecule has 0 bridgehead atoms. The Morgan fingerprint density at radius 2 is 2.13 bits per heavy atom. The monoisotopic (exact) mass is 242 g/mol. The molecule has 1 aliphatic heterocycles. The van der Waals surface area contributed by atoms with Gasteiger partial charge in [-0.3, -0.25) is 0 Å². The van der Waals surface area contributed by atoms with E-state index in [0.29, 0.717) is 18.6 Å². The van der Waals surface area contributed by atoms with Crippen LogP contribution in [-0.2, 0) is 0 Å². The van der Waals surface area contributed by atoms with Crippen LogP contribution in [0.2, 0.25) is 0 Å². The van der Waals surface area contributed by atoms with Crippen molar-refractivity contribution in [2.24, 2.45) is 0 Å². The highest BCUT2D eigenvalue weighted by Gasteiger charge is 2.28. The molecule has 1 saturated heterocycles. The molecule has 0 amide bonds. The molecule has 2 nitrogen and oxygen atoms in total. The van der Waals surface area contributed by atoms with Gasteiger partial charge in [0.25, 0.3) is 0 Å². The Morgan fingerprint density at radius 3 is 2.60 bits per heavy atom. The summed E-state index contributed by atoms with van der Waals surface area (Å²) in [4.78, 5) is 2.22. The van der Waals surface area contributed by atoms with Crippen LogP contribution in [0.3, 0.4) is 0 Å². The quantitative estimate of drug-likeness (QED) is 0.758. The van der Waals surface area contributed by atoms with Gasteiger partial charge in [-0.05, 0) is 32.2 Å². The van der Waals surface area contributed by atoms with Crippen molar-refractivity contribution >= 4 is 11.8 Å². The van der Waals surface area contributed by atoms with Gasteiger partial charge in [0.15, 0.2) is 0 Å². The number of alkyl halides is 3. The molecule has 0 aromatic rings. The normalized spacial score (nSPS) is 28.6. The standard InChI is InChI=1S/C9H17F3N2S/c1-7-5-8(6-14(7)2)13-3-4-15-9(10,11)12/h7-8,13H,3-6H2,1-2H3. The molecule has 90 valence electrons. The van der Waals surface area contributed by atoms with E-state index in [4.69, 9.17) is 0 Å². The van der Waals surface area contributed by atoms with Crippen LogP contribution in [0.1, 0.15) is 13.3 Å². The molecule has 1 rings (SSSR count). The highest BCUT2D eigenvalue weighted by Crippen LogP contribution is 2.29. The summed E-state index contributed by atoms with van der Waals surface area (Å²) in [6.07, 6.45) is 1.02. The van der Waals surface area contributed by atoms with E-state index in [1.165, 1.54) is 0 Å². The summed E-state index contributed by atoms with van der Waals surface area (Å²) in [5.74, 6) is 0.0953. The van der Waals surface area contributed by atoms with Crippen molar-refractivity contribution in [3.63, 3.8) is 0 Å². The lowest BCUT2D eigenvalue weighted by atomic mass is 10.2. The molecule has 0 aromatic heterocycles. The Bertz CT molecular complexity index is 188. The van der Waals surface area contributed by atoms with Gasteiger partial charge in [0, 0.05) is 30.9 Å². The Hall–Kier alpha value is 0.0600. The van der Waals surface area contributed by atoms with Crippen molar-refractivity contribution < 1.29 is 13.2 Å². The topological polar surface area (TPSA) is 15.3 Å². The molecule has 0 aliphatic carbocycles. The zero-order chi connectivity index (χ0) is 11.5. The third kappa shape index (κ3) is 5.08. The van der Waals surface area contributed by atoms with Gasteiger partial charge in [0.05, 0.1) is 0 Å². The predicted molar refractivity (Wildman–Crippen MR) is 57.0 cm³/mol. The van der Waals surface area contributed by atoms with Gasteiger partial charge >= 0.3 is 5.51 Å². The summed E-state index contributed by atoms with van der Waals surface area (Å²) in [7, 11) is 2.04. The van der Waals surface area contributed by atoms with Gasteiger partial charge in [-0.15, -0.1) is 0 Å². The second-order valence-electron chi connectivity index (χ2n) is 3.97. The highest BCUT2D eigenvalue weighted by atomic mass is 32.2. The van der Waals surface area contributed by atoms with Gasteiger partial charge in [0.1, 0.15) is 0 Å². The van der Waals surface area contributed by atoms with Gasteiger partial charge in [-0.1, -0.05) is 0 Å². The lowest BCUT2D eigenvalue weighted by Gasteiger charge is -2.13. The molecule has 1 aliphatic rings. The van der Waals surface area contributed by atoms with Crippen LogP contribution in [0.5, 0.6) is 0 Å². The van der Waals surface area contributed by atoms with E-state index in [1.54, 1.807) is 0 Å². The van der Waals surface area contributed by atoms with E-state index in [9.17, 15) is 13.2 Å². The predicted octanol–water partition coefficient (Wildman–Crippen LogP) is 1.92. The Morgan fingerprint density at radius 1 is 1.47 bits per heavy atom. The maximum atomic E-state index is 11.8. The van der Waals surface area contributed by atoms with Crippen molar-refractivity contribution in [2.75, 3.05) is 25.9 Å². The molecule has 1 N–H and O–H groups in total. The lowest BCUT2D eigenvalue weighted by molar-refractivity contribution is -0.0327. The van der Waals surface area contributed by atoms with Gasteiger partial charge in [0.2, 0.25) is 0 Å². The smallest absolute Gasteiger partial charge is 0.312 e. The molecule has 0 aromatic carbocycles. The van der Waals surface area contributed by atoms with E-state index in [-0.39, 0.29) is 17.5 Å². The summed E-state index contributed by atoms with van der Waals surface area (Å²) < 4.78 is 35.4. The minimum atomic E-state index is -4.10. The third-order valence-electron chi connectivity index (χ3n) is 2.69. The third-order valence-corrected chi connectivity index (χ3v) is 3.42. The van der Waals surface area contributed by atoms with E-state index >= 15 is 0 Å². The van der Waals surface area contributed by atoms with Gasteiger partial charge in [-0.2, -0.15) is 13.2 Å².